The van der Waals surface area contributed by atoms with Crippen LogP contribution in [-0.2, 0) is 0 Å². The number of rotatable bonds is 5. The first-order valence-electron chi connectivity index (χ1n) is 7.50. The maximum absolute atomic E-state index is 11.5. The van der Waals surface area contributed by atoms with Gasteiger partial charge in [-0.1, -0.05) is 12.1 Å². The summed E-state index contributed by atoms with van der Waals surface area (Å²) >= 11 is 0. The minimum Gasteiger partial charge on any atom is -0.497 e. The third kappa shape index (κ3) is 3.57. The molecule has 0 unspecified atom stereocenters. The van der Waals surface area contributed by atoms with Crippen LogP contribution in [0.1, 0.15) is 17.3 Å². The second-order valence-corrected chi connectivity index (χ2v) is 5.28. The molecule has 5 nitrogen and oxygen atoms in total. The summed E-state index contributed by atoms with van der Waals surface area (Å²) in [4.78, 5) is 20.0. The van der Waals surface area contributed by atoms with E-state index in [1.54, 1.807) is 26.2 Å². The van der Waals surface area contributed by atoms with E-state index in [0.717, 1.165) is 22.7 Å². The lowest BCUT2D eigenvalue weighted by atomic mass is 10.1. The molecule has 120 valence electrons. The largest absolute Gasteiger partial charge is 0.497 e. The first kappa shape index (κ1) is 15.7. The van der Waals surface area contributed by atoms with Crippen LogP contribution >= 0.6 is 0 Å². The van der Waals surface area contributed by atoms with Crippen molar-refractivity contribution >= 4 is 17.3 Å². The van der Waals surface area contributed by atoms with Gasteiger partial charge in [-0.15, -0.1) is 0 Å². The molecule has 3 rings (SSSR count). The van der Waals surface area contributed by atoms with Gasteiger partial charge in [-0.3, -0.25) is 4.79 Å². The van der Waals surface area contributed by atoms with Crippen LogP contribution in [-0.4, -0.2) is 22.9 Å². The number of methoxy groups -OCH3 is 1. The number of aromatic nitrogens is 2. The number of benzene rings is 2. The van der Waals surface area contributed by atoms with Gasteiger partial charge in [0, 0.05) is 22.9 Å². The summed E-state index contributed by atoms with van der Waals surface area (Å²) in [5.41, 5.74) is 3.24. The van der Waals surface area contributed by atoms with Crippen LogP contribution in [0.2, 0.25) is 0 Å². The van der Waals surface area contributed by atoms with Gasteiger partial charge >= 0.3 is 0 Å². The number of anilines is 2. The lowest BCUT2D eigenvalue weighted by Crippen LogP contribution is -1.98. The van der Waals surface area contributed by atoms with Crippen LogP contribution in [0.5, 0.6) is 5.75 Å². The molecule has 0 atom stereocenters. The number of carbonyl (C=O) groups is 1. The van der Waals surface area contributed by atoms with Crippen LogP contribution in [0.25, 0.3) is 11.3 Å². The highest BCUT2D eigenvalue weighted by Crippen LogP contribution is 2.23. The highest BCUT2D eigenvalue weighted by atomic mass is 16.5. The van der Waals surface area contributed by atoms with Crippen molar-refractivity contribution in [3.63, 3.8) is 0 Å². The quantitative estimate of drug-likeness (QED) is 0.717. The minimum absolute atomic E-state index is 0.0280. The van der Waals surface area contributed by atoms with Crippen LogP contribution in [0.4, 0.5) is 11.5 Å². The molecule has 24 heavy (non-hydrogen) atoms. The Balaban J connectivity index is 1.85. The minimum atomic E-state index is 0.0280. The maximum atomic E-state index is 11.5. The van der Waals surface area contributed by atoms with Crippen LogP contribution < -0.4 is 10.1 Å². The Morgan fingerprint density at radius 1 is 1.04 bits per heavy atom. The predicted molar refractivity (Wildman–Crippen MR) is 93.7 cm³/mol. The summed E-state index contributed by atoms with van der Waals surface area (Å²) in [5, 5.41) is 3.20. The number of nitrogens with zero attached hydrogens (tertiary/aromatic N) is 2. The lowest BCUT2D eigenvalue weighted by Gasteiger charge is -2.08. The lowest BCUT2D eigenvalue weighted by molar-refractivity contribution is 0.101. The van der Waals surface area contributed by atoms with Gasteiger partial charge < -0.3 is 10.1 Å². The molecule has 0 aliphatic heterocycles. The maximum Gasteiger partial charge on any atom is 0.159 e. The highest BCUT2D eigenvalue weighted by molar-refractivity contribution is 5.95. The molecule has 1 N–H and O–H groups in total. The molecule has 0 saturated heterocycles. The van der Waals surface area contributed by atoms with Gasteiger partial charge in [-0.2, -0.15) is 0 Å². The van der Waals surface area contributed by atoms with Gasteiger partial charge in [-0.05, 0) is 43.3 Å². The Labute approximate surface area is 140 Å². The van der Waals surface area contributed by atoms with Crippen molar-refractivity contribution in [2.45, 2.75) is 6.92 Å². The van der Waals surface area contributed by atoms with Crippen molar-refractivity contribution in [3.05, 3.63) is 66.5 Å². The van der Waals surface area contributed by atoms with Gasteiger partial charge in [0.15, 0.2) is 5.78 Å². The van der Waals surface area contributed by atoms with Crippen molar-refractivity contribution in [2.75, 3.05) is 12.4 Å². The molecule has 0 saturated carbocycles. The smallest absolute Gasteiger partial charge is 0.159 e. The third-order valence-electron chi connectivity index (χ3n) is 3.59. The van der Waals surface area contributed by atoms with Gasteiger partial charge in [0.2, 0.25) is 0 Å². The fraction of sp³-hybridized carbons (Fsp3) is 0.105. The first-order valence-corrected chi connectivity index (χ1v) is 7.50. The molecule has 5 heteroatoms. The fourth-order valence-electron chi connectivity index (χ4n) is 2.31. The standard InChI is InChI=1S/C19H17N3O2/c1-13(23)15-4-3-5-16(10-15)22-19-11-18(20-12-21-19)14-6-8-17(24-2)9-7-14/h3-12H,1-2H3,(H,20,21,22). The summed E-state index contributed by atoms with van der Waals surface area (Å²) in [6.45, 7) is 1.55. The number of nitrogens with one attached hydrogen (secondary N) is 1. The SMILES string of the molecule is COc1ccc(-c2cc(Nc3cccc(C(C)=O)c3)ncn2)cc1. The highest BCUT2D eigenvalue weighted by Gasteiger charge is 2.05. The number of Topliss-reactive ketones (excluding diaryl/α,β-unsaturated/α-hetero) is 1. The molecular formula is C19H17N3O2. The van der Waals surface area contributed by atoms with Crippen molar-refractivity contribution in [3.8, 4) is 17.0 Å². The Bertz CT molecular complexity index is 860. The van der Waals surface area contributed by atoms with Crippen molar-refractivity contribution in [2.24, 2.45) is 0 Å². The molecular weight excluding hydrogens is 302 g/mol. The van der Waals surface area contributed by atoms with E-state index in [1.165, 1.54) is 6.33 Å². The van der Waals surface area contributed by atoms with Gasteiger partial charge in [0.25, 0.3) is 0 Å². The normalized spacial score (nSPS) is 10.2. The van der Waals surface area contributed by atoms with Crippen molar-refractivity contribution < 1.29 is 9.53 Å². The van der Waals surface area contributed by atoms with E-state index in [4.69, 9.17) is 4.74 Å². The van der Waals surface area contributed by atoms with E-state index < -0.39 is 0 Å². The molecule has 0 amide bonds. The molecule has 0 radical (unpaired) electrons. The monoisotopic (exact) mass is 319 g/mol. The zero-order chi connectivity index (χ0) is 16.9. The molecule has 2 aromatic carbocycles. The van der Waals surface area contributed by atoms with E-state index >= 15 is 0 Å². The number of hydrogen-bond acceptors (Lipinski definition) is 5. The summed E-state index contributed by atoms with van der Waals surface area (Å²) in [7, 11) is 1.64. The number of ether oxygens (including phenoxy) is 1. The molecule has 0 fully saturated rings. The van der Waals surface area contributed by atoms with Crippen molar-refractivity contribution in [1.29, 1.82) is 0 Å². The number of carbonyl (C=O) groups excluding carboxylic acids is 1. The van der Waals surface area contributed by atoms with Crippen molar-refractivity contribution in [1.82, 2.24) is 9.97 Å². The topological polar surface area (TPSA) is 64.1 Å². The molecule has 0 spiro atoms. The van der Waals surface area contributed by atoms with E-state index in [1.807, 2.05) is 42.5 Å². The van der Waals surface area contributed by atoms with Crippen LogP contribution in [0, 0.1) is 0 Å². The average Bonchev–Trinajstić information content (AvgIpc) is 2.62. The van der Waals surface area contributed by atoms with Crippen LogP contribution in [0.3, 0.4) is 0 Å². The Hall–Kier alpha value is -3.21. The number of ketones is 1. The average molecular weight is 319 g/mol. The summed E-state index contributed by atoms with van der Waals surface area (Å²) in [6.07, 6.45) is 1.51. The van der Waals surface area contributed by atoms with E-state index in [2.05, 4.69) is 15.3 Å². The zero-order valence-corrected chi connectivity index (χ0v) is 13.5. The molecule has 3 aromatic rings. The molecule has 0 aliphatic carbocycles. The third-order valence-corrected chi connectivity index (χ3v) is 3.59. The summed E-state index contributed by atoms with van der Waals surface area (Å²) < 4.78 is 5.17. The van der Waals surface area contributed by atoms with Gasteiger partial charge in [-0.25, -0.2) is 9.97 Å². The number of hydrogen-bond donors (Lipinski definition) is 1. The molecule has 1 aromatic heterocycles. The summed E-state index contributed by atoms with van der Waals surface area (Å²) in [5.74, 6) is 1.49. The second-order valence-electron chi connectivity index (χ2n) is 5.28. The van der Waals surface area contributed by atoms with E-state index in [0.29, 0.717) is 11.4 Å². The van der Waals surface area contributed by atoms with Crippen LogP contribution in [0.15, 0.2) is 60.9 Å². The zero-order valence-electron chi connectivity index (χ0n) is 13.5. The van der Waals surface area contributed by atoms with Gasteiger partial charge in [0.1, 0.15) is 17.9 Å². The predicted octanol–water partition coefficient (Wildman–Crippen LogP) is 4.10. The summed E-state index contributed by atoms with van der Waals surface area (Å²) in [6, 6.07) is 16.9. The Morgan fingerprint density at radius 3 is 2.54 bits per heavy atom. The molecule has 0 aliphatic rings. The molecule has 0 bridgehead atoms. The van der Waals surface area contributed by atoms with E-state index in [-0.39, 0.29) is 5.78 Å². The fourth-order valence-corrected chi connectivity index (χ4v) is 2.31. The Kier molecular flexibility index (Phi) is 4.52. The molecule has 1 heterocycles. The van der Waals surface area contributed by atoms with Gasteiger partial charge in [0.05, 0.1) is 12.8 Å². The van der Waals surface area contributed by atoms with E-state index in [9.17, 15) is 4.79 Å². The first-order chi connectivity index (χ1) is 11.7. The Morgan fingerprint density at radius 2 is 1.83 bits per heavy atom. The second kappa shape index (κ2) is 6.91.